The molecule has 7 nitrogen and oxygen atoms in total. The van der Waals surface area contributed by atoms with Crippen molar-refractivity contribution >= 4 is 11.9 Å². The van der Waals surface area contributed by atoms with Gasteiger partial charge in [0.15, 0.2) is 0 Å². The van der Waals surface area contributed by atoms with Crippen LogP contribution in [0.5, 0.6) is 0 Å². The molecule has 27 heavy (non-hydrogen) atoms. The van der Waals surface area contributed by atoms with Gasteiger partial charge in [0.1, 0.15) is 0 Å². The second-order valence-electron chi connectivity index (χ2n) is 4.99. The summed E-state index contributed by atoms with van der Waals surface area (Å²) in [5.41, 5.74) is 1.36. The molecule has 0 saturated carbocycles. The fourth-order valence-electron chi connectivity index (χ4n) is 1.62. The standard InChI is InChI=1S/C10H15N3.2C2HF3O2/c1-3-11-4-2-10(1)9-13-7-5-12-6-8-13;2*3-2(4,5)1(6)7/h1-4,12H,5-9H2;2*(H,6,7). The van der Waals surface area contributed by atoms with Gasteiger partial charge in [-0.25, -0.2) is 9.59 Å². The van der Waals surface area contributed by atoms with Crippen LogP contribution in [-0.2, 0) is 16.1 Å². The molecule has 1 fully saturated rings. The number of hydrogen-bond donors (Lipinski definition) is 3. The van der Waals surface area contributed by atoms with E-state index < -0.39 is 24.3 Å². The number of nitrogens with one attached hydrogen (secondary N) is 1. The number of carbonyl (C=O) groups is 2. The molecule has 1 saturated heterocycles. The van der Waals surface area contributed by atoms with Crippen LogP contribution < -0.4 is 5.32 Å². The van der Waals surface area contributed by atoms with E-state index >= 15 is 0 Å². The van der Waals surface area contributed by atoms with Crippen LogP contribution in [-0.4, -0.2) is 70.6 Å². The summed E-state index contributed by atoms with van der Waals surface area (Å²) in [5.74, 6) is -5.51. The van der Waals surface area contributed by atoms with E-state index in [0.717, 1.165) is 32.7 Å². The van der Waals surface area contributed by atoms with Crippen molar-refractivity contribution in [3.05, 3.63) is 30.1 Å². The maximum absolute atomic E-state index is 10.6. The van der Waals surface area contributed by atoms with E-state index in [1.54, 1.807) is 0 Å². The molecule has 2 heterocycles. The molecule has 13 heteroatoms. The molecule has 1 aliphatic rings. The smallest absolute Gasteiger partial charge is 0.475 e. The highest BCUT2D eigenvalue weighted by molar-refractivity contribution is 5.73. The van der Waals surface area contributed by atoms with Crippen LogP contribution in [0.25, 0.3) is 0 Å². The van der Waals surface area contributed by atoms with Crippen LogP contribution in [0.1, 0.15) is 5.56 Å². The van der Waals surface area contributed by atoms with Crippen LogP contribution >= 0.6 is 0 Å². The highest BCUT2D eigenvalue weighted by Crippen LogP contribution is 2.13. The van der Waals surface area contributed by atoms with Crippen molar-refractivity contribution in [2.75, 3.05) is 26.2 Å². The average molecular weight is 405 g/mol. The molecule has 1 aromatic rings. The highest BCUT2D eigenvalue weighted by Gasteiger charge is 2.38. The summed E-state index contributed by atoms with van der Waals surface area (Å²) in [4.78, 5) is 24.3. The van der Waals surface area contributed by atoms with Crippen molar-refractivity contribution in [3.8, 4) is 0 Å². The zero-order chi connectivity index (χ0) is 21.1. The lowest BCUT2D eigenvalue weighted by atomic mass is 10.2. The van der Waals surface area contributed by atoms with Gasteiger partial charge < -0.3 is 15.5 Å². The zero-order valence-corrected chi connectivity index (χ0v) is 13.7. The molecular weight excluding hydrogens is 388 g/mol. The van der Waals surface area contributed by atoms with E-state index in [1.807, 2.05) is 12.4 Å². The molecule has 1 aliphatic heterocycles. The van der Waals surface area contributed by atoms with Gasteiger partial charge in [-0.1, -0.05) is 0 Å². The number of pyridine rings is 1. The number of carboxylic acid groups (broad SMARTS) is 2. The number of nitrogens with zero attached hydrogens (tertiary/aromatic N) is 2. The van der Waals surface area contributed by atoms with E-state index in [2.05, 4.69) is 27.3 Å². The Balaban J connectivity index is 0.000000416. The van der Waals surface area contributed by atoms with Gasteiger partial charge in [0.25, 0.3) is 0 Å². The number of hydrogen-bond acceptors (Lipinski definition) is 5. The summed E-state index contributed by atoms with van der Waals surface area (Å²) in [5, 5.41) is 17.6. The van der Waals surface area contributed by atoms with Crippen LogP contribution in [0.15, 0.2) is 24.5 Å². The summed E-state index contributed by atoms with van der Waals surface area (Å²) >= 11 is 0. The Labute approximate surface area is 149 Å². The van der Waals surface area contributed by atoms with Gasteiger partial charge in [0.05, 0.1) is 0 Å². The van der Waals surface area contributed by atoms with Gasteiger partial charge in [-0.15, -0.1) is 0 Å². The van der Waals surface area contributed by atoms with Crippen molar-refractivity contribution in [1.29, 1.82) is 0 Å². The molecule has 0 radical (unpaired) electrons. The van der Waals surface area contributed by atoms with E-state index in [4.69, 9.17) is 19.8 Å². The fourth-order valence-corrected chi connectivity index (χ4v) is 1.62. The Hall–Kier alpha value is -2.41. The predicted molar refractivity (Wildman–Crippen MR) is 79.8 cm³/mol. The minimum atomic E-state index is -5.08. The van der Waals surface area contributed by atoms with Gasteiger partial charge in [-0.2, -0.15) is 26.3 Å². The highest BCUT2D eigenvalue weighted by atomic mass is 19.4. The third-order valence-electron chi connectivity index (χ3n) is 2.85. The molecule has 0 spiro atoms. The Morgan fingerprint density at radius 2 is 1.33 bits per heavy atom. The minimum absolute atomic E-state index is 1.06. The van der Waals surface area contributed by atoms with Crippen LogP contribution in [0.2, 0.25) is 0 Å². The first-order chi connectivity index (χ1) is 12.3. The maximum atomic E-state index is 10.6. The second-order valence-corrected chi connectivity index (χ2v) is 4.99. The Morgan fingerprint density at radius 3 is 1.67 bits per heavy atom. The van der Waals surface area contributed by atoms with Gasteiger partial charge in [-0.05, 0) is 17.7 Å². The molecule has 154 valence electrons. The van der Waals surface area contributed by atoms with Gasteiger partial charge >= 0.3 is 24.3 Å². The third kappa shape index (κ3) is 12.6. The number of aliphatic carboxylic acids is 2. The topological polar surface area (TPSA) is 103 Å². The monoisotopic (exact) mass is 405 g/mol. The molecule has 1 aromatic heterocycles. The van der Waals surface area contributed by atoms with Crippen molar-refractivity contribution < 1.29 is 46.1 Å². The molecule has 0 aromatic carbocycles. The number of halogens is 6. The normalized spacial score (nSPS) is 14.9. The van der Waals surface area contributed by atoms with Crippen LogP contribution in [0, 0.1) is 0 Å². The molecule has 3 N–H and O–H groups in total. The van der Waals surface area contributed by atoms with Crippen molar-refractivity contribution in [2.45, 2.75) is 18.9 Å². The van der Waals surface area contributed by atoms with Crippen LogP contribution in [0.4, 0.5) is 26.3 Å². The van der Waals surface area contributed by atoms with Gasteiger partial charge in [0.2, 0.25) is 0 Å². The van der Waals surface area contributed by atoms with Gasteiger partial charge in [0, 0.05) is 45.1 Å². The quantitative estimate of drug-likeness (QED) is 0.645. The summed E-state index contributed by atoms with van der Waals surface area (Å²) in [7, 11) is 0. The lowest BCUT2D eigenvalue weighted by Gasteiger charge is -2.27. The number of rotatable bonds is 2. The summed E-state index contributed by atoms with van der Waals surface area (Å²) < 4.78 is 63.5. The zero-order valence-electron chi connectivity index (χ0n) is 13.7. The Morgan fingerprint density at radius 1 is 0.963 bits per heavy atom. The lowest BCUT2D eigenvalue weighted by molar-refractivity contribution is -0.193. The first-order valence-corrected chi connectivity index (χ1v) is 7.26. The van der Waals surface area contributed by atoms with Gasteiger partial charge in [-0.3, -0.25) is 9.88 Å². The van der Waals surface area contributed by atoms with E-state index in [9.17, 15) is 26.3 Å². The van der Waals surface area contributed by atoms with E-state index in [-0.39, 0.29) is 0 Å². The average Bonchev–Trinajstić information content (AvgIpc) is 2.56. The summed E-state index contributed by atoms with van der Waals surface area (Å²) in [6.07, 6.45) is -6.45. The first kappa shape index (κ1) is 24.6. The molecule has 0 unspecified atom stereocenters. The van der Waals surface area contributed by atoms with E-state index in [0.29, 0.717) is 0 Å². The Kier molecular flexibility index (Phi) is 10.3. The number of piperazine rings is 1. The predicted octanol–water partition coefficient (Wildman–Crippen LogP) is 1.75. The molecular formula is C14H17F6N3O4. The molecule has 0 atom stereocenters. The second kappa shape index (κ2) is 11.3. The van der Waals surface area contributed by atoms with Crippen molar-refractivity contribution in [3.63, 3.8) is 0 Å². The molecule has 0 aliphatic carbocycles. The first-order valence-electron chi connectivity index (χ1n) is 7.26. The molecule has 2 rings (SSSR count). The van der Waals surface area contributed by atoms with Crippen LogP contribution in [0.3, 0.4) is 0 Å². The van der Waals surface area contributed by atoms with Crippen molar-refractivity contribution in [2.24, 2.45) is 0 Å². The lowest BCUT2D eigenvalue weighted by Crippen LogP contribution is -2.42. The largest absolute Gasteiger partial charge is 0.490 e. The van der Waals surface area contributed by atoms with Crippen molar-refractivity contribution in [1.82, 2.24) is 15.2 Å². The number of aromatic nitrogens is 1. The Bertz CT molecular complexity index is 550. The number of alkyl halides is 6. The summed E-state index contributed by atoms with van der Waals surface area (Å²) in [6, 6.07) is 4.17. The number of carboxylic acids is 2. The maximum Gasteiger partial charge on any atom is 0.490 e. The third-order valence-corrected chi connectivity index (χ3v) is 2.85. The fraction of sp³-hybridized carbons (Fsp3) is 0.500. The van der Waals surface area contributed by atoms with E-state index in [1.165, 1.54) is 5.56 Å². The SMILES string of the molecule is O=C(O)C(F)(F)F.O=C(O)C(F)(F)F.c1cc(CN2CCNCC2)ccn1. The molecule has 0 bridgehead atoms. The minimum Gasteiger partial charge on any atom is -0.475 e. The summed E-state index contributed by atoms with van der Waals surface area (Å²) in [6.45, 7) is 5.60. The molecule has 0 amide bonds.